The largest absolute Gasteiger partial charge is 0.482 e. The Balaban J connectivity index is 1.92. The molecule has 0 saturated heterocycles. The van der Waals surface area contributed by atoms with Crippen LogP contribution in [0.15, 0.2) is 123 Å². The van der Waals surface area contributed by atoms with Crippen molar-refractivity contribution in [1.82, 2.24) is 0 Å². The van der Waals surface area contributed by atoms with Crippen LogP contribution >= 0.6 is 10.3 Å². The topological polar surface area (TPSA) is 85.4 Å². The van der Waals surface area contributed by atoms with Crippen LogP contribution in [0.5, 0.6) is 5.75 Å². The average molecular weight is 637 g/mol. The van der Waals surface area contributed by atoms with Crippen molar-refractivity contribution >= 4 is 37.8 Å². The van der Waals surface area contributed by atoms with Crippen molar-refractivity contribution < 1.29 is 26.3 Å². The Bertz CT molecular complexity index is 1630. The van der Waals surface area contributed by atoms with Gasteiger partial charge in [0.1, 0.15) is 11.4 Å². The molecule has 44 heavy (non-hydrogen) atoms. The fourth-order valence-corrected chi connectivity index (χ4v) is 9.68. The normalized spacial score (nSPS) is 12.3. The molecule has 0 fully saturated rings. The van der Waals surface area contributed by atoms with Crippen LogP contribution in [-0.2, 0) is 23.3 Å². The molecule has 4 aromatic rings. The molecule has 0 saturated carbocycles. The predicted octanol–water partition coefficient (Wildman–Crippen LogP) is 7.14. The van der Waals surface area contributed by atoms with E-state index < -0.39 is 32.0 Å². The lowest BCUT2D eigenvalue weighted by molar-refractivity contribution is -0.157. The molecule has 0 aliphatic heterocycles. The Morgan fingerprint density at radius 3 is 1.64 bits per heavy atom. The zero-order chi connectivity index (χ0) is 32.1. The van der Waals surface area contributed by atoms with E-state index in [0.717, 1.165) is 11.4 Å². The minimum absolute atomic E-state index is 0.0571. The first kappa shape index (κ1) is 32.9. The summed E-state index contributed by atoms with van der Waals surface area (Å²) in [7, 11) is 0.556. The molecule has 234 valence electrons. The van der Waals surface area contributed by atoms with Gasteiger partial charge in [-0.1, -0.05) is 30.3 Å². The number of hydrogen-bond donors (Lipinski definition) is 0. The van der Waals surface area contributed by atoms with Gasteiger partial charge in [0, 0.05) is 54.3 Å². The molecule has 0 heterocycles. The highest BCUT2D eigenvalue weighted by atomic mass is 32.3. The van der Waals surface area contributed by atoms with Crippen LogP contribution in [0.4, 0.5) is 11.4 Å². The maximum Gasteiger partial charge on any atom is 0.344 e. The third-order valence-corrected chi connectivity index (χ3v) is 11.6. The second kappa shape index (κ2) is 13.3. The number of carbonyl (C=O) groups is 1. The molecule has 0 unspecified atom stereocenters. The van der Waals surface area contributed by atoms with E-state index in [1.54, 1.807) is 63.2 Å². The van der Waals surface area contributed by atoms with E-state index in [9.17, 15) is 13.2 Å². The summed E-state index contributed by atoms with van der Waals surface area (Å²) < 4.78 is 45.7. The molecule has 0 aromatic heterocycles. The van der Waals surface area contributed by atoms with Crippen LogP contribution in [0.25, 0.3) is 0 Å². The number of nitrogens with zero attached hydrogens (tertiary/aromatic N) is 2. The van der Waals surface area contributed by atoms with Crippen LogP contribution < -0.4 is 14.5 Å². The molecule has 0 bridgehead atoms. The molecule has 4 aromatic carbocycles. The van der Waals surface area contributed by atoms with Gasteiger partial charge in [-0.2, -0.15) is 8.42 Å². The van der Waals surface area contributed by atoms with Gasteiger partial charge in [-0.15, -0.1) is 0 Å². The van der Waals surface area contributed by atoms with Crippen molar-refractivity contribution in [2.24, 2.45) is 0 Å². The molecule has 0 N–H and O–H groups in total. The Kier molecular flexibility index (Phi) is 9.98. The van der Waals surface area contributed by atoms with Crippen LogP contribution in [0.1, 0.15) is 20.8 Å². The molecule has 0 radical (unpaired) electrons. The van der Waals surface area contributed by atoms with E-state index in [1.165, 1.54) is 12.1 Å². The van der Waals surface area contributed by atoms with Crippen molar-refractivity contribution in [3.8, 4) is 5.75 Å². The van der Waals surface area contributed by atoms with Gasteiger partial charge in [0.05, 0.1) is 4.90 Å². The summed E-state index contributed by atoms with van der Waals surface area (Å²) in [5, 5.41) is 0. The SMILES string of the molecule is CN(C)c1cccc(S(OS(=O)(=O)c2ccccc2)(c2ccc(OCC(=O)OC(C)(C)C)cc2)c2cccc(N(C)C)c2)c1. The second-order valence-corrected chi connectivity index (χ2v) is 16.0. The first-order valence-corrected chi connectivity index (χ1v) is 17.0. The molecule has 0 atom stereocenters. The van der Waals surface area contributed by atoms with Crippen LogP contribution in [0, 0.1) is 0 Å². The highest BCUT2D eigenvalue weighted by molar-refractivity contribution is 8.33. The smallest absolute Gasteiger partial charge is 0.344 e. The van der Waals surface area contributed by atoms with Gasteiger partial charge in [0.2, 0.25) is 0 Å². The number of rotatable bonds is 11. The minimum Gasteiger partial charge on any atom is -0.482 e. The van der Waals surface area contributed by atoms with Crippen LogP contribution in [-0.4, -0.2) is 54.8 Å². The molecule has 4 rings (SSSR count). The van der Waals surface area contributed by atoms with E-state index in [4.69, 9.17) is 13.1 Å². The molecular formula is C34H40N2O6S2. The number of esters is 1. The number of hydrogen-bond acceptors (Lipinski definition) is 8. The minimum atomic E-state index is -4.26. The third-order valence-electron chi connectivity index (χ3n) is 6.49. The lowest BCUT2D eigenvalue weighted by atomic mass is 10.2. The zero-order valence-electron chi connectivity index (χ0n) is 26.2. The van der Waals surface area contributed by atoms with E-state index in [1.807, 2.05) is 86.5 Å². The second-order valence-electron chi connectivity index (χ2n) is 11.5. The molecule has 0 aliphatic rings. The summed E-state index contributed by atoms with van der Waals surface area (Å²) in [6.07, 6.45) is 0. The van der Waals surface area contributed by atoms with Gasteiger partial charge in [-0.3, -0.25) is 0 Å². The van der Waals surface area contributed by atoms with Crippen LogP contribution in [0.2, 0.25) is 0 Å². The highest BCUT2D eigenvalue weighted by Gasteiger charge is 2.39. The molecule has 0 aliphatic carbocycles. The summed E-state index contributed by atoms with van der Waals surface area (Å²) in [5.41, 5.74) is 1.15. The third kappa shape index (κ3) is 7.74. The number of benzene rings is 4. The molecule has 8 nitrogen and oxygen atoms in total. The Labute approximate surface area is 262 Å². The summed E-state index contributed by atoms with van der Waals surface area (Å²) >= 11 is 0. The first-order chi connectivity index (χ1) is 20.7. The van der Waals surface area contributed by atoms with Gasteiger partial charge in [-0.25, -0.2) is 8.42 Å². The molecule has 10 heteroatoms. The van der Waals surface area contributed by atoms with Gasteiger partial charge < -0.3 is 19.3 Å². The van der Waals surface area contributed by atoms with Crippen molar-refractivity contribution in [2.45, 2.75) is 46.0 Å². The maximum absolute atomic E-state index is 14.1. The summed E-state index contributed by atoms with van der Waals surface area (Å²) in [6.45, 7) is 5.12. The van der Waals surface area contributed by atoms with Gasteiger partial charge in [0.25, 0.3) is 0 Å². The Hall–Kier alpha value is -3.99. The van der Waals surface area contributed by atoms with Gasteiger partial charge in [0.15, 0.2) is 6.61 Å². The van der Waals surface area contributed by atoms with Crippen molar-refractivity contribution in [3.05, 3.63) is 103 Å². The van der Waals surface area contributed by atoms with E-state index >= 15 is 0 Å². The monoisotopic (exact) mass is 636 g/mol. The predicted molar refractivity (Wildman–Crippen MR) is 176 cm³/mol. The van der Waals surface area contributed by atoms with E-state index in [0.29, 0.717) is 20.4 Å². The lowest BCUT2D eigenvalue weighted by Crippen LogP contribution is -2.27. The Morgan fingerprint density at radius 2 is 1.16 bits per heavy atom. The quantitative estimate of drug-likeness (QED) is 0.161. The molecule has 0 spiro atoms. The van der Waals surface area contributed by atoms with Crippen molar-refractivity contribution in [2.75, 3.05) is 44.6 Å². The standard InChI is InChI=1S/C34H40N2O6S2/c1-34(2,3)41-33(37)25-40-28-19-21-29(22-20-28)43(31-17-11-13-26(23-31)35(4)5,32-18-12-14-27(24-32)36(6)7)42-44(38,39)30-15-9-8-10-16-30/h8-24H,25H2,1-7H3. The fraction of sp³-hybridized carbons (Fsp3) is 0.265. The molecular weight excluding hydrogens is 597 g/mol. The van der Waals surface area contributed by atoms with Gasteiger partial charge in [-0.05, 0) is 104 Å². The van der Waals surface area contributed by atoms with E-state index in [-0.39, 0.29) is 11.5 Å². The van der Waals surface area contributed by atoms with Crippen LogP contribution in [0.3, 0.4) is 0 Å². The number of ether oxygens (including phenoxy) is 2. The van der Waals surface area contributed by atoms with Crippen molar-refractivity contribution in [3.63, 3.8) is 0 Å². The first-order valence-electron chi connectivity index (χ1n) is 14.1. The summed E-state index contributed by atoms with van der Waals surface area (Å²) in [6, 6.07) is 30.6. The lowest BCUT2D eigenvalue weighted by Gasteiger charge is -2.40. The Morgan fingerprint density at radius 1 is 0.659 bits per heavy atom. The fourth-order valence-electron chi connectivity index (χ4n) is 4.41. The average Bonchev–Trinajstić information content (AvgIpc) is 2.99. The number of carbonyl (C=O) groups excluding carboxylic acids is 1. The zero-order valence-corrected chi connectivity index (χ0v) is 27.8. The maximum atomic E-state index is 14.1. The van der Waals surface area contributed by atoms with Gasteiger partial charge >= 0.3 is 16.1 Å². The number of anilines is 2. The molecule has 0 amide bonds. The summed E-state index contributed by atoms with van der Waals surface area (Å²) in [4.78, 5) is 18.3. The van der Waals surface area contributed by atoms with Crippen molar-refractivity contribution in [1.29, 1.82) is 0 Å². The highest BCUT2D eigenvalue weighted by Crippen LogP contribution is 2.71. The summed E-state index contributed by atoms with van der Waals surface area (Å²) in [5.74, 6) is -0.0530. The van der Waals surface area contributed by atoms with E-state index in [2.05, 4.69) is 0 Å².